The zero-order valence-corrected chi connectivity index (χ0v) is 10.2. The zero-order chi connectivity index (χ0) is 11.6. The maximum atomic E-state index is 8.97. The van der Waals surface area contributed by atoms with Gasteiger partial charge in [-0.1, -0.05) is 40.7 Å². The predicted molar refractivity (Wildman–Crippen MR) is 63.6 cm³/mol. The quantitative estimate of drug-likeness (QED) is 0.676. The molecule has 0 atom stereocenters. The standard InChI is InChI=1S/C14H18N/c1-10(2)12-6-11(9-15)7-13(8-12)14(3,4)5/h6-8H,1-5H3. The van der Waals surface area contributed by atoms with E-state index in [0.29, 0.717) is 0 Å². The van der Waals surface area contributed by atoms with Crippen molar-refractivity contribution in [1.29, 1.82) is 5.26 Å². The van der Waals surface area contributed by atoms with Crippen LogP contribution in [-0.2, 0) is 5.41 Å². The van der Waals surface area contributed by atoms with E-state index in [4.69, 9.17) is 5.26 Å². The smallest absolute Gasteiger partial charge is 0.0991 e. The molecule has 0 bridgehead atoms. The molecule has 0 saturated heterocycles. The first-order valence-electron chi connectivity index (χ1n) is 5.21. The van der Waals surface area contributed by atoms with Gasteiger partial charge in [-0.3, -0.25) is 0 Å². The second-order valence-corrected chi connectivity index (χ2v) is 5.16. The second kappa shape index (κ2) is 4.06. The highest BCUT2D eigenvalue weighted by Crippen LogP contribution is 2.26. The molecule has 0 saturated carbocycles. The van der Waals surface area contributed by atoms with Gasteiger partial charge in [0.2, 0.25) is 0 Å². The second-order valence-electron chi connectivity index (χ2n) is 5.16. The van der Waals surface area contributed by atoms with Gasteiger partial charge >= 0.3 is 0 Å². The summed E-state index contributed by atoms with van der Waals surface area (Å²) in [6, 6.07) is 8.33. The Morgan fingerprint density at radius 3 is 2.13 bits per heavy atom. The average molecular weight is 200 g/mol. The van der Waals surface area contributed by atoms with E-state index in [9.17, 15) is 0 Å². The molecule has 15 heavy (non-hydrogen) atoms. The molecule has 1 nitrogen and oxygen atoms in total. The number of nitriles is 1. The summed E-state index contributed by atoms with van der Waals surface area (Å²) < 4.78 is 0. The highest BCUT2D eigenvalue weighted by molar-refractivity contribution is 5.44. The van der Waals surface area contributed by atoms with E-state index in [1.165, 1.54) is 17.0 Å². The summed E-state index contributed by atoms with van der Waals surface area (Å²) in [5, 5.41) is 8.97. The lowest BCUT2D eigenvalue weighted by Crippen LogP contribution is -2.12. The van der Waals surface area contributed by atoms with Crippen molar-refractivity contribution in [3.63, 3.8) is 0 Å². The van der Waals surface area contributed by atoms with Crippen molar-refractivity contribution in [2.45, 2.75) is 40.0 Å². The highest BCUT2D eigenvalue weighted by atomic mass is 14.3. The van der Waals surface area contributed by atoms with Crippen molar-refractivity contribution in [3.8, 4) is 6.07 Å². The van der Waals surface area contributed by atoms with E-state index in [0.717, 1.165) is 5.56 Å². The molecule has 0 unspecified atom stereocenters. The first-order chi connectivity index (χ1) is 6.84. The van der Waals surface area contributed by atoms with Gasteiger partial charge in [-0.25, -0.2) is 0 Å². The summed E-state index contributed by atoms with van der Waals surface area (Å²) >= 11 is 0. The van der Waals surface area contributed by atoms with E-state index >= 15 is 0 Å². The molecular weight excluding hydrogens is 182 g/mol. The lowest BCUT2D eigenvalue weighted by atomic mass is 9.84. The van der Waals surface area contributed by atoms with Crippen molar-refractivity contribution < 1.29 is 0 Å². The van der Waals surface area contributed by atoms with Crippen LogP contribution in [0.15, 0.2) is 18.2 Å². The summed E-state index contributed by atoms with van der Waals surface area (Å²) in [6.45, 7) is 10.6. The molecule has 0 amide bonds. The number of rotatable bonds is 1. The van der Waals surface area contributed by atoms with Gasteiger partial charge in [-0.05, 0) is 34.6 Å². The Bertz CT molecular complexity index is 389. The summed E-state index contributed by atoms with van der Waals surface area (Å²) in [5.41, 5.74) is 3.23. The maximum Gasteiger partial charge on any atom is 0.0991 e. The Balaban J connectivity index is 3.32. The minimum atomic E-state index is 0.0943. The number of hydrogen-bond donors (Lipinski definition) is 0. The van der Waals surface area contributed by atoms with E-state index in [1.807, 2.05) is 12.1 Å². The Hall–Kier alpha value is -1.29. The van der Waals surface area contributed by atoms with Gasteiger partial charge in [0.05, 0.1) is 11.6 Å². The maximum absolute atomic E-state index is 8.97. The summed E-state index contributed by atoms with van der Waals surface area (Å²) in [7, 11) is 0. The van der Waals surface area contributed by atoms with Crippen LogP contribution in [0.3, 0.4) is 0 Å². The molecule has 0 N–H and O–H groups in total. The fraction of sp³-hybridized carbons (Fsp3) is 0.429. The van der Waals surface area contributed by atoms with E-state index in [1.54, 1.807) is 0 Å². The van der Waals surface area contributed by atoms with Crippen LogP contribution < -0.4 is 0 Å². The summed E-state index contributed by atoms with van der Waals surface area (Å²) in [4.78, 5) is 0. The first-order valence-corrected chi connectivity index (χ1v) is 5.21. The third kappa shape index (κ3) is 2.83. The van der Waals surface area contributed by atoms with Crippen molar-refractivity contribution in [2.24, 2.45) is 0 Å². The SMILES string of the molecule is C[C](C)c1cc(C#N)cc(C(C)(C)C)c1. The minimum absolute atomic E-state index is 0.0943. The lowest BCUT2D eigenvalue weighted by molar-refractivity contribution is 0.589. The molecule has 1 radical (unpaired) electrons. The molecule has 0 aromatic heterocycles. The lowest BCUT2D eigenvalue weighted by Gasteiger charge is -2.21. The molecule has 0 heterocycles. The van der Waals surface area contributed by atoms with Crippen LogP contribution in [0.25, 0.3) is 0 Å². The van der Waals surface area contributed by atoms with Crippen molar-refractivity contribution in [2.75, 3.05) is 0 Å². The van der Waals surface area contributed by atoms with Gasteiger partial charge in [0.1, 0.15) is 0 Å². The van der Waals surface area contributed by atoms with Crippen LogP contribution in [-0.4, -0.2) is 0 Å². The Morgan fingerprint density at radius 2 is 1.73 bits per heavy atom. The van der Waals surface area contributed by atoms with E-state index in [2.05, 4.69) is 46.8 Å². The molecule has 0 aliphatic carbocycles. The number of benzene rings is 1. The number of nitrogens with zero attached hydrogens (tertiary/aromatic N) is 1. The van der Waals surface area contributed by atoms with E-state index in [-0.39, 0.29) is 5.41 Å². The van der Waals surface area contributed by atoms with Gasteiger partial charge in [-0.2, -0.15) is 5.26 Å². The topological polar surface area (TPSA) is 23.8 Å². The molecule has 0 fully saturated rings. The first kappa shape index (κ1) is 11.8. The van der Waals surface area contributed by atoms with Crippen LogP contribution in [0.2, 0.25) is 0 Å². The summed E-state index contributed by atoms with van der Waals surface area (Å²) in [5.74, 6) is 1.25. The molecule has 1 aromatic carbocycles. The fourth-order valence-corrected chi connectivity index (χ4v) is 1.41. The van der Waals surface area contributed by atoms with Crippen molar-refractivity contribution >= 4 is 0 Å². The average Bonchev–Trinajstić information content (AvgIpc) is 2.15. The van der Waals surface area contributed by atoms with Crippen LogP contribution in [0, 0.1) is 17.2 Å². The monoisotopic (exact) mass is 200 g/mol. The largest absolute Gasteiger partial charge is 0.192 e. The molecule has 0 spiro atoms. The molecular formula is C14H18N. The van der Waals surface area contributed by atoms with Crippen LogP contribution >= 0.6 is 0 Å². The zero-order valence-electron chi connectivity index (χ0n) is 10.2. The number of hydrogen-bond acceptors (Lipinski definition) is 1. The summed E-state index contributed by atoms with van der Waals surface area (Å²) in [6.07, 6.45) is 0. The Labute approximate surface area is 92.7 Å². The van der Waals surface area contributed by atoms with Gasteiger partial charge in [0, 0.05) is 0 Å². The predicted octanol–water partition coefficient (Wildman–Crippen LogP) is 3.82. The van der Waals surface area contributed by atoms with Crippen LogP contribution in [0.1, 0.15) is 51.3 Å². The molecule has 1 aromatic rings. The minimum Gasteiger partial charge on any atom is -0.192 e. The van der Waals surface area contributed by atoms with Crippen LogP contribution in [0.5, 0.6) is 0 Å². The molecule has 1 rings (SSSR count). The Kier molecular flexibility index (Phi) is 3.19. The molecule has 0 aliphatic heterocycles. The molecule has 79 valence electrons. The van der Waals surface area contributed by atoms with Gasteiger partial charge < -0.3 is 0 Å². The van der Waals surface area contributed by atoms with E-state index < -0.39 is 0 Å². The third-order valence-corrected chi connectivity index (χ3v) is 2.51. The van der Waals surface area contributed by atoms with Gasteiger partial charge in [0.15, 0.2) is 0 Å². The highest BCUT2D eigenvalue weighted by Gasteiger charge is 2.16. The molecule has 1 heteroatoms. The van der Waals surface area contributed by atoms with Crippen LogP contribution in [0.4, 0.5) is 0 Å². The van der Waals surface area contributed by atoms with Crippen molar-refractivity contribution in [3.05, 3.63) is 40.8 Å². The normalized spacial score (nSPS) is 11.5. The van der Waals surface area contributed by atoms with Gasteiger partial charge in [0.25, 0.3) is 0 Å². The Morgan fingerprint density at radius 1 is 1.13 bits per heavy atom. The van der Waals surface area contributed by atoms with Gasteiger partial charge in [-0.15, -0.1) is 0 Å². The molecule has 0 aliphatic rings. The fourth-order valence-electron chi connectivity index (χ4n) is 1.41. The third-order valence-electron chi connectivity index (χ3n) is 2.51. The van der Waals surface area contributed by atoms with Crippen molar-refractivity contribution in [1.82, 2.24) is 0 Å².